The molecule has 0 radical (unpaired) electrons. The van der Waals surface area contributed by atoms with E-state index < -0.39 is 18.0 Å². The van der Waals surface area contributed by atoms with E-state index in [0.717, 1.165) is 23.7 Å². The summed E-state index contributed by atoms with van der Waals surface area (Å²) in [5.41, 5.74) is 0.479. The Hall–Kier alpha value is -3.96. The van der Waals surface area contributed by atoms with Crippen LogP contribution < -0.4 is 10.1 Å². The van der Waals surface area contributed by atoms with E-state index in [1.807, 2.05) is 6.07 Å². The van der Waals surface area contributed by atoms with Gasteiger partial charge in [-0.3, -0.25) is 20.1 Å². The monoisotopic (exact) mass is 466 g/mol. The molecule has 1 aliphatic carbocycles. The number of nitriles is 1. The first-order valence-corrected chi connectivity index (χ1v) is 10.6. The molecule has 3 aromatic rings. The second-order valence-electron chi connectivity index (χ2n) is 7.18. The Balaban J connectivity index is 1.71. The van der Waals surface area contributed by atoms with E-state index in [1.165, 1.54) is 30.7 Å². The van der Waals surface area contributed by atoms with E-state index >= 15 is 0 Å². The van der Waals surface area contributed by atoms with Crippen molar-refractivity contribution in [2.24, 2.45) is 5.92 Å². The Morgan fingerprint density at radius 2 is 2.15 bits per heavy atom. The highest BCUT2D eigenvalue weighted by atomic mass is 32.1. The second kappa shape index (κ2) is 9.27. The minimum atomic E-state index is -2.82. The number of nitrogens with zero attached hydrogens (tertiary/aromatic N) is 5. The zero-order chi connectivity index (χ0) is 23.5. The first kappa shape index (κ1) is 22.2. The first-order chi connectivity index (χ1) is 15.9. The maximum absolute atomic E-state index is 13.3. The molecule has 0 unspecified atom stereocenters. The van der Waals surface area contributed by atoms with Crippen LogP contribution >= 0.6 is 11.3 Å². The number of methoxy groups -OCH3 is 1. The minimum Gasteiger partial charge on any atom is -0.494 e. The lowest BCUT2D eigenvalue weighted by molar-refractivity contribution is 0.102. The molecule has 1 N–H and O–H groups in total. The Morgan fingerprint density at radius 1 is 1.33 bits per heavy atom. The number of pyridine rings is 2. The number of hydrogen-bond acceptors (Lipinski definition) is 8. The molecule has 3 heterocycles. The topological polar surface area (TPSA) is 114 Å². The number of terminal acetylenes is 1. The van der Waals surface area contributed by atoms with Crippen molar-refractivity contribution in [3.05, 3.63) is 46.5 Å². The Bertz CT molecular complexity index is 1300. The van der Waals surface area contributed by atoms with Gasteiger partial charge in [0.15, 0.2) is 0 Å². The van der Waals surface area contributed by atoms with Crippen LogP contribution in [0.4, 0.5) is 13.9 Å². The maximum atomic E-state index is 13.3. The number of ether oxygens (including phenoxy) is 1. The molecule has 1 saturated carbocycles. The Morgan fingerprint density at radius 3 is 2.82 bits per heavy atom. The van der Waals surface area contributed by atoms with Crippen LogP contribution in [0.5, 0.6) is 5.75 Å². The number of aromatic nitrogens is 4. The van der Waals surface area contributed by atoms with Gasteiger partial charge in [0.25, 0.3) is 12.3 Å². The standard InChI is InChI=1S/C22H16F2N6O2S/c1-3-11-6-13(11)21-29-30-22(33-21)28-20(31)16-9-26-12(4-5-25)7-14(16)15-8-17(19(23)24)27-10-18(15)32-2/h1,7-11,13,19H,4,6H2,2H3,(H,28,30,31)/t11-,13-/m0/s1. The second-order valence-corrected chi connectivity index (χ2v) is 8.19. The van der Waals surface area contributed by atoms with Gasteiger partial charge in [0.1, 0.15) is 16.5 Å². The van der Waals surface area contributed by atoms with Gasteiger partial charge in [-0.15, -0.1) is 22.5 Å². The molecule has 0 spiro atoms. The van der Waals surface area contributed by atoms with E-state index in [4.69, 9.17) is 16.4 Å². The number of carbonyl (C=O) groups excluding carboxylic acids is 1. The third kappa shape index (κ3) is 4.64. The molecule has 0 aliphatic heterocycles. The van der Waals surface area contributed by atoms with Crippen molar-refractivity contribution in [1.82, 2.24) is 20.2 Å². The fraction of sp³-hybridized carbons (Fsp3) is 0.273. The number of rotatable bonds is 7. The van der Waals surface area contributed by atoms with Crippen LogP contribution in [0.2, 0.25) is 0 Å². The predicted octanol–water partition coefficient (Wildman–Crippen LogP) is 4.00. The molecule has 1 aliphatic rings. The smallest absolute Gasteiger partial charge is 0.280 e. The molecule has 0 saturated heterocycles. The molecule has 0 bridgehead atoms. The molecule has 8 nitrogen and oxygen atoms in total. The van der Waals surface area contributed by atoms with Crippen LogP contribution in [-0.4, -0.2) is 33.2 Å². The third-order valence-corrected chi connectivity index (χ3v) is 6.04. The summed E-state index contributed by atoms with van der Waals surface area (Å²) in [6.07, 6.45) is 5.87. The molecule has 1 fully saturated rings. The Labute approximate surface area is 191 Å². The van der Waals surface area contributed by atoms with Gasteiger partial charge < -0.3 is 4.74 Å². The highest BCUT2D eigenvalue weighted by Gasteiger charge is 2.39. The molecule has 11 heteroatoms. The number of nitrogens with one attached hydrogen (secondary N) is 1. The van der Waals surface area contributed by atoms with Crippen molar-refractivity contribution >= 4 is 22.4 Å². The maximum Gasteiger partial charge on any atom is 0.280 e. The molecule has 2 atom stereocenters. The van der Waals surface area contributed by atoms with Gasteiger partial charge in [0.2, 0.25) is 5.13 Å². The van der Waals surface area contributed by atoms with E-state index in [-0.39, 0.29) is 45.8 Å². The van der Waals surface area contributed by atoms with Gasteiger partial charge >= 0.3 is 0 Å². The summed E-state index contributed by atoms with van der Waals surface area (Å²) in [6.45, 7) is 0. The van der Waals surface area contributed by atoms with Crippen LogP contribution in [-0.2, 0) is 6.42 Å². The summed E-state index contributed by atoms with van der Waals surface area (Å²) in [4.78, 5) is 20.9. The van der Waals surface area contributed by atoms with Gasteiger partial charge in [-0.25, -0.2) is 8.78 Å². The van der Waals surface area contributed by atoms with Gasteiger partial charge in [-0.2, -0.15) is 5.26 Å². The van der Waals surface area contributed by atoms with Crippen LogP contribution in [0, 0.1) is 29.6 Å². The first-order valence-electron chi connectivity index (χ1n) is 9.74. The van der Waals surface area contributed by atoms with E-state index in [0.29, 0.717) is 5.69 Å². The summed E-state index contributed by atoms with van der Waals surface area (Å²) >= 11 is 1.23. The SMILES string of the molecule is C#C[C@H]1C[C@@H]1c1nnc(NC(=O)c2cnc(CC#N)cc2-c2cc(C(F)F)ncc2OC)s1. The average Bonchev–Trinajstić information content (AvgIpc) is 3.47. The van der Waals surface area contributed by atoms with Gasteiger partial charge in [-0.1, -0.05) is 11.3 Å². The van der Waals surface area contributed by atoms with E-state index in [9.17, 15) is 13.6 Å². The molecule has 33 heavy (non-hydrogen) atoms. The van der Waals surface area contributed by atoms with E-state index in [2.05, 4.69) is 31.4 Å². The molecule has 166 valence electrons. The normalized spacial score (nSPS) is 16.7. The summed E-state index contributed by atoms with van der Waals surface area (Å²) in [7, 11) is 1.36. The van der Waals surface area contributed by atoms with Gasteiger partial charge in [0, 0.05) is 29.2 Å². The number of carbonyl (C=O) groups is 1. The van der Waals surface area contributed by atoms with Crippen LogP contribution in [0.1, 0.15) is 45.5 Å². The minimum absolute atomic E-state index is 0.0263. The van der Waals surface area contributed by atoms with Crippen molar-refractivity contribution in [1.29, 1.82) is 5.26 Å². The van der Waals surface area contributed by atoms with Gasteiger partial charge in [-0.05, 0) is 18.6 Å². The zero-order valence-electron chi connectivity index (χ0n) is 17.2. The van der Waals surface area contributed by atoms with Crippen LogP contribution in [0.15, 0.2) is 24.5 Å². The molecule has 3 aromatic heterocycles. The quantitative estimate of drug-likeness (QED) is 0.524. The number of anilines is 1. The fourth-order valence-electron chi connectivity index (χ4n) is 3.28. The van der Waals surface area contributed by atoms with Crippen molar-refractivity contribution in [3.8, 4) is 35.3 Å². The molecule has 0 aromatic carbocycles. The predicted molar refractivity (Wildman–Crippen MR) is 116 cm³/mol. The third-order valence-electron chi connectivity index (χ3n) is 5.07. The summed E-state index contributed by atoms with van der Waals surface area (Å²) in [5.74, 6) is 2.58. The van der Waals surface area contributed by atoms with Crippen molar-refractivity contribution in [2.45, 2.75) is 25.2 Å². The molecule has 4 rings (SSSR count). The van der Waals surface area contributed by atoms with Crippen molar-refractivity contribution in [3.63, 3.8) is 0 Å². The van der Waals surface area contributed by atoms with Gasteiger partial charge in [0.05, 0.1) is 37.1 Å². The number of hydrogen-bond donors (Lipinski definition) is 1. The van der Waals surface area contributed by atoms with E-state index in [1.54, 1.807) is 0 Å². The average molecular weight is 466 g/mol. The summed E-state index contributed by atoms with van der Waals surface area (Å²) in [6, 6.07) is 4.63. The fourth-order valence-corrected chi connectivity index (χ4v) is 4.20. The highest BCUT2D eigenvalue weighted by molar-refractivity contribution is 7.15. The lowest BCUT2D eigenvalue weighted by Crippen LogP contribution is -2.14. The lowest BCUT2D eigenvalue weighted by Gasteiger charge is -2.14. The highest BCUT2D eigenvalue weighted by Crippen LogP contribution is 2.48. The van der Waals surface area contributed by atoms with Crippen molar-refractivity contribution < 1.29 is 18.3 Å². The van der Waals surface area contributed by atoms with Crippen molar-refractivity contribution in [2.75, 3.05) is 12.4 Å². The van der Waals surface area contributed by atoms with Crippen LogP contribution in [0.3, 0.4) is 0 Å². The van der Waals surface area contributed by atoms with Crippen LogP contribution in [0.25, 0.3) is 11.1 Å². The zero-order valence-corrected chi connectivity index (χ0v) is 18.1. The molecule has 1 amide bonds. The number of halogens is 2. The summed E-state index contributed by atoms with van der Waals surface area (Å²) < 4.78 is 31.9. The number of alkyl halides is 2. The Kier molecular flexibility index (Phi) is 6.24. The summed E-state index contributed by atoms with van der Waals surface area (Å²) in [5, 5.41) is 20.8. The molecular weight excluding hydrogens is 450 g/mol. The largest absolute Gasteiger partial charge is 0.494 e. The molecular formula is C22H16F2N6O2S. The number of amides is 1. The lowest BCUT2D eigenvalue weighted by atomic mass is 9.98.